The van der Waals surface area contributed by atoms with Gasteiger partial charge in [0.1, 0.15) is 5.82 Å². The van der Waals surface area contributed by atoms with E-state index in [0.717, 1.165) is 28.7 Å². The molecule has 0 radical (unpaired) electrons. The summed E-state index contributed by atoms with van der Waals surface area (Å²) in [5.41, 5.74) is 6.26. The third-order valence-corrected chi connectivity index (χ3v) is 3.22. The zero-order valence-corrected chi connectivity index (χ0v) is 8.58. The Kier molecular flexibility index (Phi) is 2.62. The molecule has 13 heavy (non-hydrogen) atoms. The van der Waals surface area contributed by atoms with Crippen molar-refractivity contribution in [3.63, 3.8) is 0 Å². The molecule has 0 amide bonds. The standard InChI is InChI=1S/C8H10ClN3S/c9-5-3-7-8(11-1-2-13-7)12-6(5)4-10/h3H,1-2,4,10H2,(H,11,12). The van der Waals surface area contributed by atoms with Gasteiger partial charge in [-0.25, -0.2) is 4.98 Å². The molecule has 5 heteroatoms. The fourth-order valence-corrected chi connectivity index (χ4v) is 2.39. The van der Waals surface area contributed by atoms with Gasteiger partial charge in [-0.05, 0) is 6.07 Å². The first kappa shape index (κ1) is 9.12. The second kappa shape index (κ2) is 3.74. The van der Waals surface area contributed by atoms with E-state index in [1.54, 1.807) is 11.8 Å². The van der Waals surface area contributed by atoms with Crippen LogP contribution in [0.5, 0.6) is 0 Å². The van der Waals surface area contributed by atoms with Gasteiger partial charge < -0.3 is 11.1 Å². The maximum atomic E-state index is 5.98. The minimum atomic E-state index is 0.387. The molecule has 70 valence electrons. The van der Waals surface area contributed by atoms with Crippen LogP contribution in [0.15, 0.2) is 11.0 Å². The van der Waals surface area contributed by atoms with Crippen LogP contribution in [0.3, 0.4) is 0 Å². The average Bonchev–Trinajstić information content (AvgIpc) is 2.17. The molecule has 1 aromatic heterocycles. The molecule has 1 aromatic rings. The normalized spacial score (nSPS) is 14.9. The van der Waals surface area contributed by atoms with E-state index in [1.165, 1.54) is 0 Å². The maximum absolute atomic E-state index is 5.98. The molecule has 1 aliphatic heterocycles. The van der Waals surface area contributed by atoms with Gasteiger partial charge in [-0.1, -0.05) is 11.6 Å². The average molecular weight is 216 g/mol. The third kappa shape index (κ3) is 1.75. The lowest BCUT2D eigenvalue weighted by Gasteiger charge is -2.17. The van der Waals surface area contributed by atoms with Crippen LogP contribution >= 0.6 is 23.4 Å². The maximum Gasteiger partial charge on any atom is 0.140 e. The van der Waals surface area contributed by atoms with Gasteiger partial charge in [0, 0.05) is 18.8 Å². The van der Waals surface area contributed by atoms with Crippen LogP contribution in [-0.4, -0.2) is 17.3 Å². The number of thioether (sulfide) groups is 1. The number of rotatable bonds is 1. The Morgan fingerprint density at radius 1 is 1.69 bits per heavy atom. The summed E-state index contributed by atoms with van der Waals surface area (Å²) in [6.07, 6.45) is 0. The van der Waals surface area contributed by atoms with Gasteiger partial charge in [-0.2, -0.15) is 0 Å². The molecule has 1 aliphatic rings. The fourth-order valence-electron chi connectivity index (χ4n) is 1.22. The molecule has 0 spiro atoms. The number of hydrogen-bond donors (Lipinski definition) is 2. The van der Waals surface area contributed by atoms with Crippen molar-refractivity contribution < 1.29 is 0 Å². The second-order valence-corrected chi connectivity index (χ2v) is 4.29. The minimum Gasteiger partial charge on any atom is -0.368 e. The molecule has 0 aromatic carbocycles. The number of anilines is 1. The molecule has 0 aliphatic carbocycles. The van der Waals surface area contributed by atoms with Crippen molar-refractivity contribution in [2.75, 3.05) is 17.6 Å². The van der Waals surface area contributed by atoms with Crippen LogP contribution in [0, 0.1) is 0 Å². The Morgan fingerprint density at radius 2 is 2.54 bits per heavy atom. The summed E-state index contributed by atoms with van der Waals surface area (Å²) in [5.74, 6) is 1.98. The van der Waals surface area contributed by atoms with Gasteiger partial charge in [-0.15, -0.1) is 11.8 Å². The molecule has 0 fully saturated rings. The number of pyridine rings is 1. The number of nitrogens with two attached hydrogens (primary N) is 1. The predicted molar refractivity (Wildman–Crippen MR) is 56.4 cm³/mol. The fraction of sp³-hybridized carbons (Fsp3) is 0.375. The summed E-state index contributed by atoms with van der Waals surface area (Å²) in [4.78, 5) is 5.46. The number of aromatic nitrogens is 1. The molecular weight excluding hydrogens is 206 g/mol. The first-order chi connectivity index (χ1) is 6.31. The van der Waals surface area contributed by atoms with Gasteiger partial charge in [0.05, 0.1) is 15.6 Å². The number of fused-ring (bicyclic) bond motifs is 1. The zero-order valence-electron chi connectivity index (χ0n) is 7.01. The summed E-state index contributed by atoms with van der Waals surface area (Å²) in [5, 5.41) is 3.88. The van der Waals surface area contributed by atoms with E-state index in [-0.39, 0.29) is 0 Å². The molecule has 0 unspecified atom stereocenters. The third-order valence-electron chi connectivity index (χ3n) is 1.86. The lowest BCUT2D eigenvalue weighted by molar-refractivity contribution is 0.966. The largest absolute Gasteiger partial charge is 0.368 e. The van der Waals surface area contributed by atoms with Crippen LogP contribution in [-0.2, 0) is 6.54 Å². The number of hydrogen-bond acceptors (Lipinski definition) is 4. The van der Waals surface area contributed by atoms with Gasteiger partial charge in [-0.3, -0.25) is 0 Å². The van der Waals surface area contributed by atoms with E-state index in [0.29, 0.717) is 11.6 Å². The van der Waals surface area contributed by atoms with Crippen molar-refractivity contribution >= 4 is 29.2 Å². The zero-order chi connectivity index (χ0) is 9.26. The van der Waals surface area contributed by atoms with Gasteiger partial charge in [0.15, 0.2) is 0 Å². The molecule has 3 N–H and O–H groups in total. The summed E-state index contributed by atoms with van der Waals surface area (Å²) in [7, 11) is 0. The molecule has 0 atom stereocenters. The summed E-state index contributed by atoms with van der Waals surface area (Å²) in [6.45, 7) is 1.34. The second-order valence-electron chi connectivity index (χ2n) is 2.74. The highest BCUT2D eigenvalue weighted by Crippen LogP contribution is 2.32. The smallest absolute Gasteiger partial charge is 0.140 e. The van der Waals surface area contributed by atoms with Crippen LogP contribution < -0.4 is 11.1 Å². The van der Waals surface area contributed by atoms with E-state index in [2.05, 4.69) is 10.3 Å². The molecule has 0 saturated heterocycles. The van der Waals surface area contributed by atoms with Crippen LogP contribution in [0.2, 0.25) is 5.02 Å². The van der Waals surface area contributed by atoms with Crippen LogP contribution in [0.4, 0.5) is 5.82 Å². The number of nitrogens with zero attached hydrogens (tertiary/aromatic N) is 1. The lowest BCUT2D eigenvalue weighted by atomic mass is 10.3. The lowest BCUT2D eigenvalue weighted by Crippen LogP contribution is -2.13. The highest BCUT2D eigenvalue weighted by atomic mass is 35.5. The van der Waals surface area contributed by atoms with E-state index < -0.39 is 0 Å². The SMILES string of the molecule is NCc1nc2c(cc1Cl)SCCN2. The van der Waals surface area contributed by atoms with Crippen LogP contribution in [0.25, 0.3) is 0 Å². The van der Waals surface area contributed by atoms with Crippen molar-refractivity contribution in [2.24, 2.45) is 5.73 Å². The number of halogens is 1. The van der Waals surface area contributed by atoms with Crippen molar-refractivity contribution in [2.45, 2.75) is 11.4 Å². The molecule has 3 nitrogen and oxygen atoms in total. The Bertz CT molecular complexity index is 329. The molecule has 2 heterocycles. The Hall–Kier alpha value is -0.450. The van der Waals surface area contributed by atoms with E-state index in [9.17, 15) is 0 Å². The van der Waals surface area contributed by atoms with Gasteiger partial charge in [0.2, 0.25) is 0 Å². The van der Waals surface area contributed by atoms with E-state index in [4.69, 9.17) is 17.3 Å². The Labute approximate surface area is 86.1 Å². The molecule has 0 saturated carbocycles. The predicted octanol–water partition coefficient (Wildman–Crippen LogP) is 1.71. The van der Waals surface area contributed by atoms with Gasteiger partial charge >= 0.3 is 0 Å². The van der Waals surface area contributed by atoms with Crippen molar-refractivity contribution in [3.05, 3.63) is 16.8 Å². The highest BCUT2D eigenvalue weighted by molar-refractivity contribution is 7.99. The molecular formula is C8H10ClN3S. The topological polar surface area (TPSA) is 50.9 Å². The molecule has 2 rings (SSSR count). The minimum absolute atomic E-state index is 0.387. The van der Waals surface area contributed by atoms with Gasteiger partial charge in [0.25, 0.3) is 0 Å². The number of nitrogens with one attached hydrogen (secondary N) is 1. The summed E-state index contributed by atoms with van der Waals surface area (Å²) in [6, 6.07) is 1.93. The monoisotopic (exact) mass is 215 g/mol. The summed E-state index contributed by atoms with van der Waals surface area (Å²) < 4.78 is 0. The summed E-state index contributed by atoms with van der Waals surface area (Å²) >= 11 is 7.75. The quantitative estimate of drug-likeness (QED) is 0.749. The Balaban J connectivity index is 2.44. The van der Waals surface area contributed by atoms with Crippen molar-refractivity contribution in [1.82, 2.24) is 4.98 Å². The van der Waals surface area contributed by atoms with Crippen molar-refractivity contribution in [3.8, 4) is 0 Å². The first-order valence-corrected chi connectivity index (χ1v) is 5.44. The Morgan fingerprint density at radius 3 is 3.31 bits per heavy atom. The molecule has 0 bridgehead atoms. The highest BCUT2D eigenvalue weighted by Gasteiger charge is 2.13. The van der Waals surface area contributed by atoms with E-state index in [1.807, 2.05) is 6.07 Å². The van der Waals surface area contributed by atoms with E-state index >= 15 is 0 Å². The van der Waals surface area contributed by atoms with Crippen LogP contribution in [0.1, 0.15) is 5.69 Å². The first-order valence-electron chi connectivity index (χ1n) is 4.07. The van der Waals surface area contributed by atoms with Crippen molar-refractivity contribution in [1.29, 1.82) is 0 Å².